The van der Waals surface area contributed by atoms with E-state index in [1.807, 2.05) is 6.20 Å². The first-order chi connectivity index (χ1) is 7.47. The average molecular weight is 217 g/mol. The van der Waals surface area contributed by atoms with Gasteiger partial charge < -0.3 is 5.11 Å². The third-order valence-electron chi connectivity index (χ3n) is 2.48. The molecule has 0 atom stereocenters. The van der Waals surface area contributed by atoms with Crippen molar-refractivity contribution in [1.82, 2.24) is 15.2 Å². The number of hydrogen-bond acceptors (Lipinski definition) is 3. The highest BCUT2D eigenvalue weighted by Gasteiger charge is 2.15. The number of hydrogen-bond donors (Lipinski definition) is 2. The number of aromatic hydroxyl groups is 1. The van der Waals surface area contributed by atoms with Crippen molar-refractivity contribution in [1.29, 1.82) is 0 Å². The first kappa shape index (κ1) is 10.7. The summed E-state index contributed by atoms with van der Waals surface area (Å²) in [5.74, 6) is -0.00355. The van der Waals surface area contributed by atoms with Gasteiger partial charge in [0, 0.05) is 24.0 Å². The topological polar surface area (TPSA) is 61.8 Å². The number of aromatic nitrogens is 3. The fourth-order valence-electron chi connectivity index (χ4n) is 1.46. The van der Waals surface area contributed by atoms with Crippen LogP contribution in [0.1, 0.15) is 26.3 Å². The Hall–Kier alpha value is -1.84. The molecule has 4 heteroatoms. The van der Waals surface area contributed by atoms with E-state index >= 15 is 0 Å². The minimum Gasteiger partial charge on any atom is -0.492 e. The molecule has 0 aromatic carbocycles. The van der Waals surface area contributed by atoms with Gasteiger partial charge in [0.05, 0.1) is 5.69 Å². The molecule has 16 heavy (non-hydrogen) atoms. The first-order valence-corrected chi connectivity index (χ1v) is 5.17. The molecule has 0 saturated heterocycles. The van der Waals surface area contributed by atoms with Crippen molar-refractivity contribution >= 4 is 0 Å². The summed E-state index contributed by atoms with van der Waals surface area (Å²) in [4.78, 5) is 4.21. The van der Waals surface area contributed by atoms with Crippen LogP contribution in [0, 0.1) is 0 Å². The zero-order valence-corrected chi connectivity index (χ0v) is 9.65. The van der Waals surface area contributed by atoms with Crippen LogP contribution in [-0.4, -0.2) is 20.3 Å². The van der Waals surface area contributed by atoms with Gasteiger partial charge in [0.25, 0.3) is 0 Å². The first-order valence-electron chi connectivity index (χ1n) is 5.17. The molecule has 2 aromatic heterocycles. The van der Waals surface area contributed by atoms with Gasteiger partial charge in [-0.15, -0.1) is 5.10 Å². The van der Waals surface area contributed by atoms with Crippen LogP contribution in [0.15, 0.2) is 24.5 Å². The minimum absolute atomic E-state index is 0.00355. The van der Waals surface area contributed by atoms with Crippen LogP contribution in [0.3, 0.4) is 0 Å². The largest absolute Gasteiger partial charge is 0.492 e. The lowest BCUT2D eigenvalue weighted by molar-refractivity contribution is 0.452. The van der Waals surface area contributed by atoms with Crippen molar-refractivity contribution in [2.24, 2.45) is 0 Å². The molecule has 0 spiro atoms. The molecule has 0 bridgehead atoms. The fraction of sp³-hybridized carbons (Fsp3) is 0.333. The van der Waals surface area contributed by atoms with E-state index in [-0.39, 0.29) is 11.3 Å². The molecule has 0 radical (unpaired) electrons. The van der Waals surface area contributed by atoms with Crippen LogP contribution >= 0.6 is 0 Å². The summed E-state index contributed by atoms with van der Waals surface area (Å²) in [5.41, 5.74) is 2.92. The van der Waals surface area contributed by atoms with Crippen LogP contribution in [-0.2, 0) is 5.41 Å². The summed E-state index contributed by atoms with van der Waals surface area (Å²) in [6, 6.07) is 3.64. The molecule has 0 aliphatic carbocycles. The number of nitrogens with one attached hydrogen (secondary N) is 1. The van der Waals surface area contributed by atoms with Gasteiger partial charge in [-0.3, -0.25) is 10.1 Å². The second-order valence-corrected chi connectivity index (χ2v) is 4.85. The SMILES string of the molecule is CC(C)(C)c1cncc(-c2cc(O)n[nH]2)c1. The van der Waals surface area contributed by atoms with E-state index in [1.54, 1.807) is 12.3 Å². The third-order valence-corrected chi connectivity index (χ3v) is 2.48. The van der Waals surface area contributed by atoms with E-state index in [0.29, 0.717) is 0 Å². The zero-order valence-electron chi connectivity index (χ0n) is 9.65. The predicted octanol–water partition coefficient (Wildman–Crippen LogP) is 2.47. The van der Waals surface area contributed by atoms with Gasteiger partial charge in [-0.2, -0.15) is 0 Å². The Morgan fingerprint density at radius 1 is 1.19 bits per heavy atom. The molecule has 2 aromatic rings. The van der Waals surface area contributed by atoms with Crippen LogP contribution in [0.5, 0.6) is 5.88 Å². The van der Waals surface area contributed by atoms with Crippen molar-refractivity contribution in [3.8, 4) is 17.1 Å². The van der Waals surface area contributed by atoms with Crippen molar-refractivity contribution in [3.05, 3.63) is 30.1 Å². The number of nitrogens with zero attached hydrogens (tertiary/aromatic N) is 2. The van der Waals surface area contributed by atoms with Gasteiger partial charge in [-0.05, 0) is 17.0 Å². The van der Waals surface area contributed by atoms with E-state index in [2.05, 4.69) is 42.0 Å². The second-order valence-electron chi connectivity index (χ2n) is 4.85. The molecule has 2 heterocycles. The maximum atomic E-state index is 9.18. The van der Waals surface area contributed by atoms with Gasteiger partial charge in [-0.1, -0.05) is 20.8 Å². The highest BCUT2D eigenvalue weighted by molar-refractivity contribution is 5.59. The summed E-state index contributed by atoms with van der Waals surface area (Å²) >= 11 is 0. The predicted molar refractivity (Wildman–Crippen MR) is 62.2 cm³/mol. The summed E-state index contributed by atoms with van der Waals surface area (Å²) < 4.78 is 0. The maximum absolute atomic E-state index is 9.18. The van der Waals surface area contributed by atoms with Gasteiger partial charge in [0.1, 0.15) is 0 Å². The Balaban J connectivity index is 2.44. The Kier molecular flexibility index (Phi) is 2.42. The number of H-pyrrole nitrogens is 1. The van der Waals surface area contributed by atoms with Crippen LogP contribution < -0.4 is 0 Å². The van der Waals surface area contributed by atoms with Crippen LogP contribution in [0.25, 0.3) is 11.3 Å². The summed E-state index contributed by atoms with van der Waals surface area (Å²) in [7, 11) is 0. The molecule has 0 saturated carbocycles. The lowest BCUT2D eigenvalue weighted by atomic mass is 9.87. The number of pyridine rings is 1. The highest BCUT2D eigenvalue weighted by atomic mass is 16.3. The Morgan fingerprint density at radius 2 is 1.94 bits per heavy atom. The number of aromatic amines is 1. The van der Waals surface area contributed by atoms with E-state index in [1.165, 1.54) is 0 Å². The van der Waals surface area contributed by atoms with Gasteiger partial charge >= 0.3 is 0 Å². The molecule has 0 aliphatic rings. The van der Waals surface area contributed by atoms with Crippen LogP contribution in [0.2, 0.25) is 0 Å². The third kappa shape index (κ3) is 2.05. The second kappa shape index (κ2) is 3.63. The smallest absolute Gasteiger partial charge is 0.230 e. The molecule has 0 fully saturated rings. The van der Waals surface area contributed by atoms with Gasteiger partial charge in [0.2, 0.25) is 5.88 Å². The standard InChI is InChI=1S/C12H15N3O/c1-12(2,3)9-4-8(6-13-7-9)10-5-11(16)15-14-10/h4-7H,1-3H3,(H2,14,15,16). The van der Waals surface area contributed by atoms with E-state index in [0.717, 1.165) is 16.8 Å². The molecule has 2 N–H and O–H groups in total. The Bertz CT molecular complexity index is 497. The molecule has 0 aliphatic heterocycles. The molecule has 0 amide bonds. The lowest BCUT2D eigenvalue weighted by Crippen LogP contribution is -2.11. The van der Waals surface area contributed by atoms with Crippen molar-refractivity contribution < 1.29 is 5.11 Å². The average Bonchev–Trinajstić information content (AvgIpc) is 2.64. The molecule has 2 rings (SSSR count). The Labute approximate surface area is 94.4 Å². The molecule has 84 valence electrons. The van der Waals surface area contributed by atoms with Crippen molar-refractivity contribution in [3.63, 3.8) is 0 Å². The molecule has 4 nitrogen and oxygen atoms in total. The summed E-state index contributed by atoms with van der Waals surface area (Å²) in [6.45, 7) is 6.41. The summed E-state index contributed by atoms with van der Waals surface area (Å²) in [5, 5.41) is 15.6. The maximum Gasteiger partial charge on any atom is 0.230 e. The highest BCUT2D eigenvalue weighted by Crippen LogP contribution is 2.26. The van der Waals surface area contributed by atoms with Crippen molar-refractivity contribution in [2.45, 2.75) is 26.2 Å². The summed E-state index contributed by atoms with van der Waals surface area (Å²) in [6.07, 6.45) is 3.61. The Morgan fingerprint density at radius 3 is 2.50 bits per heavy atom. The monoisotopic (exact) mass is 217 g/mol. The quantitative estimate of drug-likeness (QED) is 0.771. The molecule has 0 unspecified atom stereocenters. The van der Waals surface area contributed by atoms with E-state index in [9.17, 15) is 5.11 Å². The fourth-order valence-corrected chi connectivity index (χ4v) is 1.46. The van der Waals surface area contributed by atoms with Gasteiger partial charge in [-0.25, -0.2) is 0 Å². The van der Waals surface area contributed by atoms with Gasteiger partial charge in [0.15, 0.2) is 0 Å². The number of rotatable bonds is 1. The lowest BCUT2D eigenvalue weighted by Gasteiger charge is -2.18. The van der Waals surface area contributed by atoms with E-state index in [4.69, 9.17) is 0 Å². The van der Waals surface area contributed by atoms with E-state index < -0.39 is 0 Å². The molecular formula is C12H15N3O. The van der Waals surface area contributed by atoms with Crippen LogP contribution in [0.4, 0.5) is 0 Å². The molecular weight excluding hydrogens is 202 g/mol. The zero-order chi connectivity index (χ0) is 11.8. The minimum atomic E-state index is -0.00355. The normalized spacial score (nSPS) is 11.7. The van der Waals surface area contributed by atoms with Crippen molar-refractivity contribution in [2.75, 3.05) is 0 Å².